The SMILES string of the molecule is CC(C#N)(CC1=CCC=N1)c1cc(Br)ccc1F. The molecule has 1 heterocycles. The number of nitrogens with zero attached hydrogens (tertiary/aromatic N) is 2. The lowest BCUT2D eigenvalue weighted by atomic mass is 9.79. The predicted molar refractivity (Wildman–Crippen MR) is 72.9 cm³/mol. The summed E-state index contributed by atoms with van der Waals surface area (Å²) in [7, 11) is 0. The largest absolute Gasteiger partial charge is 0.266 e. The van der Waals surface area contributed by atoms with Crippen LogP contribution in [0.5, 0.6) is 0 Å². The zero-order valence-electron chi connectivity index (χ0n) is 9.95. The average molecular weight is 307 g/mol. The third-order valence-corrected chi connectivity index (χ3v) is 3.51. The van der Waals surface area contributed by atoms with Crippen LogP contribution in [0.4, 0.5) is 4.39 Å². The average Bonchev–Trinajstić information content (AvgIpc) is 2.84. The topological polar surface area (TPSA) is 36.1 Å². The minimum Gasteiger partial charge on any atom is -0.266 e. The molecule has 1 aromatic rings. The molecule has 0 fully saturated rings. The van der Waals surface area contributed by atoms with Crippen molar-refractivity contribution in [1.29, 1.82) is 5.26 Å². The van der Waals surface area contributed by atoms with Crippen molar-refractivity contribution >= 4 is 22.1 Å². The van der Waals surface area contributed by atoms with Crippen LogP contribution in [0.25, 0.3) is 0 Å². The Morgan fingerprint density at radius 3 is 2.94 bits per heavy atom. The number of hydrogen-bond donors (Lipinski definition) is 0. The fourth-order valence-electron chi connectivity index (χ4n) is 2.01. The highest BCUT2D eigenvalue weighted by atomic mass is 79.9. The second kappa shape index (κ2) is 5.03. The van der Waals surface area contributed by atoms with Gasteiger partial charge in [0.25, 0.3) is 0 Å². The fourth-order valence-corrected chi connectivity index (χ4v) is 2.37. The molecule has 0 spiro atoms. The molecule has 0 amide bonds. The number of benzene rings is 1. The Labute approximate surface area is 114 Å². The van der Waals surface area contributed by atoms with E-state index in [1.165, 1.54) is 6.07 Å². The molecule has 2 rings (SSSR count). The van der Waals surface area contributed by atoms with Crippen LogP contribution in [-0.4, -0.2) is 6.21 Å². The molecule has 4 heteroatoms. The molecule has 0 aliphatic carbocycles. The maximum absolute atomic E-state index is 13.9. The van der Waals surface area contributed by atoms with Gasteiger partial charge in [0, 0.05) is 34.8 Å². The zero-order chi connectivity index (χ0) is 13.2. The Kier molecular flexibility index (Phi) is 3.63. The second-order valence-corrected chi connectivity index (χ2v) is 5.40. The first-order valence-corrected chi connectivity index (χ1v) is 6.43. The Balaban J connectivity index is 2.40. The molecular formula is C14H12BrFN2. The maximum atomic E-state index is 13.9. The van der Waals surface area contributed by atoms with Crippen LogP contribution in [-0.2, 0) is 5.41 Å². The van der Waals surface area contributed by atoms with Gasteiger partial charge in [0.1, 0.15) is 5.82 Å². The highest BCUT2D eigenvalue weighted by Gasteiger charge is 2.31. The van der Waals surface area contributed by atoms with Gasteiger partial charge in [-0.2, -0.15) is 5.26 Å². The minimum absolute atomic E-state index is 0.357. The first-order chi connectivity index (χ1) is 8.55. The van der Waals surface area contributed by atoms with Gasteiger partial charge < -0.3 is 0 Å². The van der Waals surface area contributed by atoms with E-state index in [4.69, 9.17) is 0 Å². The number of hydrogen-bond acceptors (Lipinski definition) is 2. The van der Waals surface area contributed by atoms with Crippen LogP contribution in [0.1, 0.15) is 25.3 Å². The molecule has 1 aromatic carbocycles. The Hall–Kier alpha value is -1.47. The molecule has 0 saturated heterocycles. The van der Waals surface area contributed by atoms with Crippen molar-refractivity contribution < 1.29 is 4.39 Å². The lowest BCUT2D eigenvalue weighted by Crippen LogP contribution is -2.21. The van der Waals surface area contributed by atoms with Gasteiger partial charge in [-0.15, -0.1) is 0 Å². The number of rotatable bonds is 3. The molecule has 1 unspecified atom stereocenters. The highest BCUT2D eigenvalue weighted by molar-refractivity contribution is 9.10. The van der Waals surface area contributed by atoms with Gasteiger partial charge in [0.15, 0.2) is 0 Å². The van der Waals surface area contributed by atoms with E-state index in [0.29, 0.717) is 12.0 Å². The standard InChI is InChI=1S/C14H12BrFN2/c1-14(9-17,8-11-3-2-6-18-11)12-7-10(15)4-5-13(12)16/h3-7H,2,8H2,1H3. The van der Waals surface area contributed by atoms with Gasteiger partial charge in [-0.1, -0.05) is 22.0 Å². The van der Waals surface area contributed by atoms with E-state index in [-0.39, 0.29) is 5.82 Å². The maximum Gasteiger partial charge on any atom is 0.128 e. The number of nitriles is 1. The molecule has 18 heavy (non-hydrogen) atoms. The Morgan fingerprint density at radius 1 is 1.56 bits per heavy atom. The van der Waals surface area contributed by atoms with Gasteiger partial charge in [0.2, 0.25) is 0 Å². The summed E-state index contributed by atoms with van der Waals surface area (Å²) in [4.78, 5) is 4.20. The second-order valence-electron chi connectivity index (χ2n) is 4.49. The van der Waals surface area contributed by atoms with Crippen LogP contribution in [0.15, 0.2) is 39.4 Å². The molecule has 92 valence electrons. The molecule has 1 aliphatic heterocycles. The molecular weight excluding hydrogens is 295 g/mol. The first-order valence-electron chi connectivity index (χ1n) is 5.63. The molecule has 0 aromatic heterocycles. The normalized spacial score (nSPS) is 17.1. The van der Waals surface area contributed by atoms with Crippen molar-refractivity contribution in [2.75, 3.05) is 0 Å². The van der Waals surface area contributed by atoms with Crippen LogP contribution < -0.4 is 0 Å². The summed E-state index contributed by atoms with van der Waals surface area (Å²) in [6, 6.07) is 6.88. The van der Waals surface area contributed by atoms with Crippen molar-refractivity contribution in [2.45, 2.75) is 25.2 Å². The molecule has 0 radical (unpaired) electrons. The molecule has 0 bridgehead atoms. The molecule has 2 nitrogen and oxygen atoms in total. The molecule has 1 atom stereocenters. The van der Waals surface area contributed by atoms with E-state index in [1.807, 2.05) is 6.08 Å². The Bertz CT molecular complexity index is 572. The van der Waals surface area contributed by atoms with Gasteiger partial charge in [-0.05, 0) is 25.1 Å². The summed E-state index contributed by atoms with van der Waals surface area (Å²) in [5, 5.41) is 9.40. The molecule has 0 N–H and O–H groups in total. The van der Waals surface area contributed by atoms with E-state index in [0.717, 1.165) is 16.6 Å². The smallest absolute Gasteiger partial charge is 0.128 e. The van der Waals surface area contributed by atoms with Gasteiger partial charge in [-0.3, -0.25) is 4.99 Å². The monoisotopic (exact) mass is 306 g/mol. The number of halogens is 2. The summed E-state index contributed by atoms with van der Waals surface area (Å²) in [5.74, 6) is -0.357. The predicted octanol–water partition coefficient (Wildman–Crippen LogP) is 4.12. The summed E-state index contributed by atoms with van der Waals surface area (Å²) in [5.41, 5.74) is 0.349. The zero-order valence-corrected chi connectivity index (χ0v) is 11.5. The van der Waals surface area contributed by atoms with E-state index < -0.39 is 5.41 Å². The highest BCUT2D eigenvalue weighted by Crippen LogP contribution is 2.34. The van der Waals surface area contributed by atoms with Gasteiger partial charge in [-0.25, -0.2) is 4.39 Å². The van der Waals surface area contributed by atoms with Crippen molar-refractivity contribution in [3.8, 4) is 6.07 Å². The van der Waals surface area contributed by atoms with Crippen molar-refractivity contribution in [3.63, 3.8) is 0 Å². The minimum atomic E-state index is -0.901. The van der Waals surface area contributed by atoms with E-state index in [9.17, 15) is 9.65 Å². The summed E-state index contributed by atoms with van der Waals surface area (Å²) < 4.78 is 14.7. The number of aliphatic imine (C=N–C) groups is 1. The third kappa shape index (κ3) is 2.51. The van der Waals surface area contributed by atoms with E-state index >= 15 is 0 Å². The quantitative estimate of drug-likeness (QED) is 0.827. The molecule has 1 aliphatic rings. The van der Waals surface area contributed by atoms with Gasteiger partial charge >= 0.3 is 0 Å². The lowest BCUT2D eigenvalue weighted by Gasteiger charge is -2.22. The van der Waals surface area contributed by atoms with Crippen molar-refractivity contribution in [3.05, 3.63) is 45.8 Å². The van der Waals surface area contributed by atoms with Gasteiger partial charge in [0.05, 0.1) is 11.5 Å². The molecule has 0 saturated carbocycles. The Morgan fingerprint density at radius 2 is 2.33 bits per heavy atom. The van der Waals surface area contributed by atoms with Crippen LogP contribution >= 0.6 is 15.9 Å². The van der Waals surface area contributed by atoms with Crippen LogP contribution in [0.2, 0.25) is 0 Å². The summed E-state index contributed by atoms with van der Waals surface area (Å²) >= 11 is 3.31. The van der Waals surface area contributed by atoms with E-state index in [1.54, 1.807) is 25.3 Å². The lowest BCUT2D eigenvalue weighted by molar-refractivity contribution is 0.531. The first kappa shape index (κ1) is 13.0. The summed E-state index contributed by atoms with van der Waals surface area (Å²) in [6.45, 7) is 1.74. The van der Waals surface area contributed by atoms with Crippen molar-refractivity contribution in [1.82, 2.24) is 0 Å². The van der Waals surface area contributed by atoms with Crippen LogP contribution in [0, 0.1) is 17.1 Å². The number of allylic oxidation sites excluding steroid dienone is 2. The van der Waals surface area contributed by atoms with Crippen molar-refractivity contribution in [2.24, 2.45) is 4.99 Å². The third-order valence-electron chi connectivity index (χ3n) is 3.02. The summed E-state index contributed by atoms with van der Waals surface area (Å²) in [6.07, 6.45) is 4.97. The van der Waals surface area contributed by atoms with E-state index in [2.05, 4.69) is 27.0 Å². The fraction of sp³-hybridized carbons (Fsp3) is 0.286. The van der Waals surface area contributed by atoms with Crippen LogP contribution in [0.3, 0.4) is 0 Å².